The highest BCUT2D eigenvalue weighted by atomic mass is 35.5. The van der Waals surface area contributed by atoms with Crippen LogP contribution in [0.15, 0.2) is 36.5 Å². The molecule has 9 heteroatoms. The van der Waals surface area contributed by atoms with Gasteiger partial charge in [0.05, 0.1) is 23.5 Å². The largest absolute Gasteiger partial charge is 0.343 e. The molecule has 3 heterocycles. The molecule has 1 saturated carbocycles. The summed E-state index contributed by atoms with van der Waals surface area (Å²) in [6.07, 6.45) is 11.4. The number of nitrogens with zero attached hydrogens (tertiary/aromatic N) is 4. The average molecular weight is 580 g/mol. The van der Waals surface area contributed by atoms with Crippen molar-refractivity contribution in [2.75, 3.05) is 42.9 Å². The molecule has 8 nitrogen and oxygen atoms in total. The Balaban J connectivity index is 1.16. The summed E-state index contributed by atoms with van der Waals surface area (Å²) in [6.45, 7) is 7.81. The number of aromatic nitrogens is 1. The quantitative estimate of drug-likeness (QED) is 0.398. The first-order valence-electron chi connectivity index (χ1n) is 15.2. The third kappa shape index (κ3) is 6.59. The molecule has 1 saturated heterocycles. The molecule has 0 spiro atoms. The van der Waals surface area contributed by atoms with Crippen LogP contribution < -0.4 is 10.2 Å². The Morgan fingerprint density at radius 3 is 2.63 bits per heavy atom. The molecular formula is C32H42ClN5O3. The average Bonchev–Trinajstić information content (AvgIpc) is 3.09. The number of carbonyl (C=O) groups excluding carboxylic acids is 3. The van der Waals surface area contributed by atoms with E-state index in [0.717, 1.165) is 77.5 Å². The van der Waals surface area contributed by atoms with Gasteiger partial charge in [0.2, 0.25) is 11.8 Å². The van der Waals surface area contributed by atoms with E-state index < -0.39 is 0 Å². The van der Waals surface area contributed by atoms with Crippen LogP contribution in [-0.2, 0) is 9.59 Å². The van der Waals surface area contributed by atoms with Gasteiger partial charge in [0, 0.05) is 29.7 Å². The fraction of sp³-hybridized carbons (Fsp3) is 0.562. The third-order valence-corrected chi connectivity index (χ3v) is 9.42. The predicted molar refractivity (Wildman–Crippen MR) is 163 cm³/mol. The highest BCUT2D eigenvalue weighted by molar-refractivity contribution is 6.31. The van der Waals surface area contributed by atoms with E-state index in [2.05, 4.69) is 33.9 Å². The molecule has 1 N–H and O–H groups in total. The lowest BCUT2D eigenvalue weighted by molar-refractivity contribution is -0.143. The van der Waals surface area contributed by atoms with E-state index in [9.17, 15) is 14.4 Å². The molecule has 41 heavy (non-hydrogen) atoms. The summed E-state index contributed by atoms with van der Waals surface area (Å²) in [5.74, 6) is 0.920. The van der Waals surface area contributed by atoms with Gasteiger partial charge in [-0.2, -0.15) is 0 Å². The number of likely N-dealkylation sites (tertiary alicyclic amines) is 1. The number of piperidine rings is 1. The maximum absolute atomic E-state index is 13.8. The highest BCUT2D eigenvalue weighted by Gasteiger charge is 2.37. The number of hydrogen-bond donors (Lipinski definition) is 1. The number of fused-ring (bicyclic) bond motifs is 2. The second kappa shape index (κ2) is 12.9. The Kier molecular flexibility index (Phi) is 9.29. The molecule has 1 aliphatic carbocycles. The van der Waals surface area contributed by atoms with E-state index >= 15 is 0 Å². The zero-order chi connectivity index (χ0) is 29.0. The zero-order valence-electron chi connectivity index (χ0n) is 24.3. The van der Waals surface area contributed by atoms with E-state index in [0.29, 0.717) is 39.6 Å². The van der Waals surface area contributed by atoms with Crippen molar-refractivity contribution >= 4 is 46.5 Å². The highest BCUT2D eigenvalue weighted by Crippen LogP contribution is 2.39. The van der Waals surface area contributed by atoms with Gasteiger partial charge in [0.25, 0.3) is 5.91 Å². The number of nitrogens with one attached hydrogen (secondary N) is 1. The van der Waals surface area contributed by atoms with Crippen LogP contribution in [0.1, 0.15) is 82.0 Å². The van der Waals surface area contributed by atoms with E-state index in [-0.39, 0.29) is 23.8 Å². The fourth-order valence-electron chi connectivity index (χ4n) is 6.71. The van der Waals surface area contributed by atoms with Crippen molar-refractivity contribution in [2.45, 2.75) is 71.6 Å². The molecule has 1 aromatic carbocycles. The van der Waals surface area contributed by atoms with Crippen LogP contribution >= 0.6 is 11.6 Å². The van der Waals surface area contributed by atoms with Crippen molar-refractivity contribution in [3.8, 4) is 0 Å². The lowest BCUT2D eigenvalue weighted by Crippen LogP contribution is -2.44. The minimum Gasteiger partial charge on any atom is -0.343 e. The molecule has 0 bridgehead atoms. The summed E-state index contributed by atoms with van der Waals surface area (Å²) in [6, 6.07) is 8.48. The summed E-state index contributed by atoms with van der Waals surface area (Å²) < 4.78 is 0. The third-order valence-electron chi connectivity index (χ3n) is 9.19. The number of hydrogen-bond acceptors (Lipinski definition) is 5. The van der Waals surface area contributed by atoms with Crippen molar-refractivity contribution in [3.63, 3.8) is 0 Å². The molecule has 5 rings (SSSR count). The lowest BCUT2D eigenvalue weighted by atomic mass is 9.74. The molecule has 1 aromatic heterocycles. The van der Waals surface area contributed by atoms with Gasteiger partial charge in [0.15, 0.2) is 5.82 Å². The SMILES string of the molecule is CCN(CCCC1CCN(CC(=O)N2c3ccc(Cl)cc3C(=O)Nc3cccnc32)CC1)C(=O)C1(C)CCCCC1. The molecule has 2 aromatic rings. The van der Waals surface area contributed by atoms with Crippen molar-refractivity contribution < 1.29 is 14.4 Å². The smallest absolute Gasteiger partial charge is 0.257 e. The van der Waals surface area contributed by atoms with E-state index in [1.165, 1.54) is 6.42 Å². The Bertz CT molecular complexity index is 1270. The maximum atomic E-state index is 13.8. The van der Waals surface area contributed by atoms with Crippen LogP contribution in [0, 0.1) is 11.3 Å². The van der Waals surface area contributed by atoms with Gasteiger partial charge < -0.3 is 10.2 Å². The minimum atomic E-state index is -0.316. The Morgan fingerprint density at radius 2 is 1.90 bits per heavy atom. The van der Waals surface area contributed by atoms with Gasteiger partial charge in [-0.15, -0.1) is 0 Å². The number of anilines is 3. The lowest BCUT2D eigenvalue weighted by Gasteiger charge is -2.37. The first-order chi connectivity index (χ1) is 19.8. The Hall–Kier alpha value is -2.97. The molecule has 2 fully saturated rings. The van der Waals surface area contributed by atoms with Gasteiger partial charge in [-0.05, 0) is 94.8 Å². The summed E-state index contributed by atoms with van der Waals surface area (Å²) in [5.41, 5.74) is 1.15. The number of halogens is 1. The van der Waals surface area contributed by atoms with Crippen LogP contribution in [-0.4, -0.2) is 65.2 Å². The Morgan fingerprint density at radius 1 is 1.15 bits per heavy atom. The van der Waals surface area contributed by atoms with E-state index in [1.54, 1.807) is 41.4 Å². The summed E-state index contributed by atoms with van der Waals surface area (Å²) in [4.78, 5) is 50.2. The summed E-state index contributed by atoms with van der Waals surface area (Å²) in [7, 11) is 0. The van der Waals surface area contributed by atoms with Gasteiger partial charge >= 0.3 is 0 Å². The number of amides is 3. The number of carbonyl (C=O) groups is 3. The van der Waals surface area contributed by atoms with Crippen molar-refractivity contribution in [1.82, 2.24) is 14.8 Å². The van der Waals surface area contributed by atoms with E-state index in [4.69, 9.17) is 11.6 Å². The van der Waals surface area contributed by atoms with Gasteiger partial charge in [-0.1, -0.05) is 37.8 Å². The number of pyridine rings is 1. The molecular weight excluding hydrogens is 538 g/mol. The topological polar surface area (TPSA) is 85.8 Å². The Labute approximate surface area is 248 Å². The van der Waals surface area contributed by atoms with Crippen molar-refractivity contribution in [3.05, 3.63) is 47.1 Å². The minimum absolute atomic E-state index is 0.128. The molecule has 0 atom stereocenters. The van der Waals surface area contributed by atoms with Crippen LogP contribution in [0.2, 0.25) is 5.02 Å². The zero-order valence-corrected chi connectivity index (χ0v) is 25.1. The fourth-order valence-corrected chi connectivity index (χ4v) is 6.88. The standard InChI is InChI=1S/C32H42ClN5O3/c1-3-37(31(41)32(2)15-5-4-6-16-32)18-8-9-23-13-19-36(20-14-23)22-28(39)38-27-12-11-24(33)21-25(27)30(40)35-26-10-7-17-34-29(26)38/h7,10-12,17,21,23H,3-6,8-9,13-16,18-20,22H2,1-2H3,(H,35,40). The monoisotopic (exact) mass is 579 g/mol. The molecule has 0 radical (unpaired) electrons. The summed E-state index contributed by atoms with van der Waals surface area (Å²) in [5, 5.41) is 3.30. The van der Waals surface area contributed by atoms with E-state index in [1.807, 2.05) is 0 Å². The summed E-state index contributed by atoms with van der Waals surface area (Å²) >= 11 is 6.20. The van der Waals surface area contributed by atoms with Gasteiger partial charge in [-0.25, -0.2) is 4.98 Å². The van der Waals surface area contributed by atoms with Crippen LogP contribution in [0.5, 0.6) is 0 Å². The van der Waals surface area contributed by atoms with Gasteiger partial charge in [0.1, 0.15) is 0 Å². The molecule has 3 amide bonds. The molecule has 2 aliphatic heterocycles. The van der Waals surface area contributed by atoms with Crippen molar-refractivity contribution in [2.24, 2.45) is 11.3 Å². The molecule has 0 unspecified atom stereocenters. The van der Waals surface area contributed by atoms with Crippen molar-refractivity contribution in [1.29, 1.82) is 0 Å². The first kappa shape index (κ1) is 29.5. The first-order valence-corrected chi connectivity index (χ1v) is 15.6. The van der Waals surface area contributed by atoms with Crippen LogP contribution in [0.3, 0.4) is 0 Å². The molecule has 3 aliphatic rings. The second-order valence-corrected chi connectivity index (χ2v) is 12.5. The second-order valence-electron chi connectivity index (χ2n) is 12.1. The maximum Gasteiger partial charge on any atom is 0.257 e. The van der Waals surface area contributed by atoms with Gasteiger partial charge in [-0.3, -0.25) is 24.2 Å². The number of benzene rings is 1. The van der Waals surface area contributed by atoms with Crippen LogP contribution in [0.4, 0.5) is 17.2 Å². The predicted octanol–water partition coefficient (Wildman–Crippen LogP) is 6.28. The molecule has 220 valence electrons. The van der Waals surface area contributed by atoms with Crippen LogP contribution in [0.25, 0.3) is 0 Å². The normalized spacial score (nSPS) is 19.1. The number of rotatable bonds is 8.